The third-order valence-corrected chi connectivity index (χ3v) is 2.97. The van der Waals surface area contributed by atoms with E-state index in [0.717, 1.165) is 0 Å². The summed E-state index contributed by atoms with van der Waals surface area (Å²) in [7, 11) is 0. The third kappa shape index (κ3) is 2.18. The summed E-state index contributed by atoms with van der Waals surface area (Å²) >= 11 is 0. The number of aromatic nitrogens is 1. The number of carbonyl (C=O) groups excluding carboxylic acids is 1. The number of hydrogen-bond donors (Lipinski definition) is 0. The lowest BCUT2D eigenvalue weighted by Gasteiger charge is -2.34. The molecule has 2 heterocycles. The number of carbonyl (C=O) groups is 1. The Labute approximate surface area is 116 Å². The van der Waals surface area contributed by atoms with E-state index in [-0.39, 0.29) is 6.61 Å². The molecule has 0 fully saturated rings. The molecule has 1 aliphatic rings. The van der Waals surface area contributed by atoms with Crippen LogP contribution in [0.2, 0.25) is 0 Å². The van der Waals surface area contributed by atoms with Gasteiger partial charge >= 0.3 is 11.8 Å². The number of rotatable bonds is 2. The van der Waals surface area contributed by atoms with Crippen LogP contribution >= 0.6 is 0 Å². The van der Waals surface area contributed by atoms with Crippen molar-refractivity contribution >= 4 is 5.97 Å². The second kappa shape index (κ2) is 4.85. The second-order valence-corrected chi connectivity index (χ2v) is 4.46. The number of aromatic amines is 1. The van der Waals surface area contributed by atoms with Gasteiger partial charge in [0.15, 0.2) is 24.3 Å². The van der Waals surface area contributed by atoms with E-state index in [1.165, 1.54) is 6.92 Å². The minimum Gasteiger partial charge on any atom is -0.481 e. The first kappa shape index (κ1) is 12.5. The van der Waals surface area contributed by atoms with Crippen LogP contribution in [0.4, 0.5) is 0 Å². The normalized spacial score (nSPS) is 20.2. The smallest absolute Gasteiger partial charge is 0.375 e. The van der Waals surface area contributed by atoms with Crippen molar-refractivity contribution in [3.63, 3.8) is 0 Å². The fourth-order valence-electron chi connectivity index (χ4n) is 2.13. The molecule has 0 bridgehead atoms. The van der Waals surface area contributed by atoms with Gasteiger partial charge < -0.3 is 14.2 Å². The van der Waals surface area contributed by atoms with Crippen LogP contribution in [0.25, 0.3) is 0 Å². The average molecular weight is 272 g/mol. The number of benzene rings is 1. The number of fused-ring (bicyclic) bond motifs is 1. The van der Waals surface area contributed by atoms with Gasteiger partial charge in [-0.1, -0.05) is 12.1 Å². The Bertz CT molecular complexity index is 629. The van der Waals surface area contributed by atoms with Crippen molar-refractivity contribution in [1.82, 2.24) is 0 Å². The standard InChI is InChI=1S/C15H13NO4/c1-11(17)19-15(14-8-4-5-9-16-14)10-18-12-6-2-3-7-13(12)20-15/h2-9H,10H2,1H3/p+1. The maximum atomic E-state index is 11.4. The van der Waals surface area contributed by atoms with Crippen molar-refractivity contribution in [3.8, 4) is 11.5 Å². The van der Waals surface area contributed by atoms with E-state index in [4.69, 9.17) is 14.2 Å². The lowest BCUT2D eigenvalue weighted by Crippen LogP contribution is -2.49. The van der Waals surface area contributed by atoms with Crippen molar-refractivity contribution in [3.05, 3.63) is 54.4 Å². The number of nitrogens with one attached hydrogen (secondary N) is 1. The molecule has 0 saturated heterocycles. The summed E-state index contributed by atoms with van der Waals surface area (Å²) in [6.45, 7) is 1.43. The van der Waals surface area contributed by atoms with E-state index in [1.54, 1.807) is 18.3 Å². The summed E-state index contributed by atoms with van der Waals surface area (Å²) in [6.07, 6.45) is 1.74. The summed E-state index contributed by atoms with van der Waals surface area (Å²) in [6, 6.07) is 12.7. The average Bonchev–Trinajstić information content (AvgIpc) is 2.47. The van der Waals surface area contributed by atoms with Crippen LogP contribution in [0.3, 0.4) is 0 Å². The van der Waals surface area contributed by atoms with Gasteiger partial charge in [0.2, 0.25) is 0 Å². The lowest BCUT2D eigenvalue weighted by molar-refractivity contribution is -0.426. The van der Waals surface area contributed by atoms with E-state index < -0.39 is 11.8 Å². The molecule has 20 heavy (non-hydrogen) atoms. The Morgan fingerprint density at radius 3 is 2.65 bits per heavy atom. The zero-order valence-corrected chi connectivity index (χ0v) is 11.0. The zero-order chi connectivity index (χ0) is 14.0. The third-order valence-electron chi connectivity index (χ3n) is 2.97. The SMILES string of the molecule is CC(=O)OC1(c2cccc[nH+]2)COc2ccccc2O1. The number of para-hydroxylation sites is 2. The van der Waals surface area contributed by atoms with Gasteiger partial charge in [0, 0.05) is 19.1 Å². The summed E-state index contributed by atoms with van der Waals surface area (Å²) in [5.74, 6) is -0.560. The number of pyridine rings is 1. The van der Waals surface area contributed by atoms with Crippen LogP contribution < -0.4 is 14.5 Å². The first-order chi connectivity index (χ1) is 9.70. The van der Waals surface area contributed by atoms with Gasteiger partial charge in [-0.3, -0.25) is 4.79 Å². The molecule has 1 aliphatic heterocycles. The first-order valence-corrected chi connectivity index (χ1v) is 6.27. The van der Waals surface area contributed by atoms with E-state index in [0.29, 0.717) is 17.2 Å². The van der Waals surface area contributed by atoms with Crippen LogP contribution in [0.15, 0.2) is 48.7 Å². The number of esters is 1. The maximum absolute atomic E-state index is 11.4. The monoisotopic (exact) mass is 272 g/mol. The van der Waals surface area contributed by atoms with Gasteiger partial charge in [-0.2, -0.15) is 0 Å². The Hall–Kier alpha value is -2.56. The van der Waals surface area contributed by atoms with Gasteiger partial charge in [0.25, 0.3) is 5.69 Å². The van der Waals surface area contributed by atoms with Crippen molar-refractivity contribution in [1.29, 1.82) is 0 Å². The fourth-order valence-corrected chi connectivity index (χ4v) is 2.13. The highest BCUT2D eigenvalue weighted by Gasteiger charge is 2.48. The fraction of sp³-hybridized carbons (Fsp3) is 0.200. The molecule has 5 nitrogen and oxygen atoms in total. The Balaban J connectivity index is 2.03. The van der Waals surface area contributed by atoms with Gasteiger partial charge in [0.05, 0.1) is 0 Å². The van der Waals surface area contributed by atoms with Gasteiger partial charge in [-0.05, 0) is 18.2 Å². The van der Waals surface area contributed by atoms with Crippen molar-refractivity contribution < 1.29 is 24.0 Å². The molecule has 1 unspecified atom stereocenters. The molecule has 5 heteroatoms. The maximum Gasteiger partial charge on any atom is 0.375 e. The largest absolute Gasteiger partial charge is 0.481 e. The highest BCUT2D eigenvalue weighted by molar-refractivity contribution is 5.66. The Kier molecular flexibility index (Phi) is 3.02. The van der Waals surface area contributed by atoms with E-state index in [9.17, 15) is 4.79 Å². The molecule has 0 spiro atoms. The lowest BCUT2D eigenvalue weighted by atomic mass is 10.1. The molecular formula is C15H14NO4+. The molecule has 0 amide bonds. The van der Waals surface area contributed by atoms with Crippen LogP contribution in [0.5, 0.6) is 11.5 Å². The number of hydrogen-bond acceptors (Lipinski definition) is 4. The van der Waals surface area contributed by atoms with E-state index in [2.05, 4.69) is 4.98 Å². The molecule has 1 N–H and O–H groups in total. The molecule has 0 radical (unpaired) electrons. The Morgan fingerprint density at radius 1 is 1.20 bits per heavy atom. The molecule has 1 aromatic carbocycles. The highest BCUT2D eigenvalue weighted by Crippen LogP contribution is 2.39. The van der Waals surface area contributed by atoms with Crippen molar-refractivity contribution in [2.24, 2.45) is 0 Å². The summed E-state index contributed by atoms with van der Waals surface area (Å²) in [4.78, 5) is 14.5. The van der Waals surface area contributed by atoms with Crippen LogP contribution in [0, 0.1) is 0 Å². The summed E-state index contributed by atoms with van der Waals surface area (Å²) < 4.78 is 17.0. The predicted molar refractivity (Wildman–Crippen MR) is 69.0 cm³/mol. The summed E-state index contributed by atoms with van der Waals surface area (Å²) in [5, 5.41) is 0. The van der Waals surface area contributed by atoms with Crippen molar-refractivity contribution in [2.75, 3.05) is 6.61 Å². The molecule has 0 saturated carbocycles. The number of H-pyrrole nitrogens is 1. The van der Waals surface area contributed by atoms with Crippen LogP contribution in [0.1, 0.15) is 12.6 Å². The second-order valence-electron chi connectivity index (χ2n) is 4.46. The molecule has 102 valence electrons. The van der Waals surface area contributed by atoms with Gasteiger partial charge in [-0.15, -0.1) is 0 Å². The molecule has 1 atom stereocenters. The minimum absolute atomic E-state index is 0.0874. The Morgan fingerprint density at radius 2 is 1.95 bits per heavy atom. The van der Waals surface area contributed by atoms with E-state index in [1.807, 2.05) is 30.3 Å². The molecule has 1 aromatic heterocycles. The van der Waals surface area contributed by atoms with E-state index >= 15 is 0 Å². The quantitative estimate of drug-likeness (QED) is 0.781. The highest BCUT2D eigenvalue weighted by atomic mass is 16.7. The minimum atomic E-state index is -1.29. The summed E-state index contributed by atoms with van der Waals surface area (Å²) in [5.41, 5.74) is 0.615. The topological polar surface area (TPSA) is 58.9 Å². The molecule has 3 rings (SSSR count). The number of ether oxygens (including phenoxy) is 3. The first-order valence-electron chi connectivity index (χ1n) is 6.27. The van der Waals surface area contributed by atoms with Crippen molar-refractivity contribution in [2.45, 2.75) is 12.7 Å². The van der Waals surface area contributed by atoms with Gasteiger partial charge in [0.1, 0.15) is 0 Å². The molecular weight excluding hydrogens is 258 g/mol. The molecule has 0 aliphatic carbocycles. The van der Waals surface area contributed by atoms with Crippen LogP contribution in [-0.4, -0.2) is 12.6 Å². The van der Waals surface area contributed by atoms with Gasteiger partial charge in [-0.25, -0.2) is 4.98 Å². The zero-order valence-electron chi connectivity index (χ0n) is 11.0. The predicted octanol–water partition coefficient (Wildman–Crippen LogP) is 1.69. The molecule has 2 aromatic rings. The van der Waals surface area contributed by atoms with Crippen LogP contribution in [-0.2, 0) is 15.3 Å².